The van der Waals surface area contributed by atoms with Crippen LogP contribution >= 0.6 is 0 Å². The maximum atomic E-state index is 9.92. The highest BCUT2D eigenvalue weighted by Gasteiger charge is 2.46. The van der Waals surface area contributed by atoms with Crippen molar-refractivity contribution in [2.45, 2.75) is 30.7 Å². The Morgan fingerprint density at radius 1 is 1.00 bits per heavy atom. The number of aliphatic hydroxyl groups is 1. The third kappa shape index (κ3) is 2.71. The molecule has 1 N–H and O–H groups in total. The lowest BCUT2D eigenvalue weighted by atomic mass is 9.99. The summed E-state index contributed by atoms with van der Waals surface area (Å²) in [4.78, 5) is 0. The zero-order valence-electron chi connectivity index (χ0n) is 10.1. The molecule has 0 aromatic rings. The molecule has 0 aromatic carbocycles. The van der Waals surface area contributed by atoms with Crippen LogP contribution in [-0.2, 0) is 23.7 Å². The third-order valence-electron chi connectivity index (χ3n) is 2.72. The summed E-state index contributed by atoms with van der Waals surface area (Å²) in [6.07, 6.45) is -2.81. The lowest BCUT2D eigenvalue weighted by Crippen LogP contribution is -2.60. The van der Waals surface area contributed by atoms with Crippen molar-refractivity contribution in [3.05, 3.63) is 0 Å². The van der Waals surface area contributed by atoms with Crippen LogP contribution in [0.1, 0.15) is 0 Å². The minimum absolute atomic E-state index is 0.326. The van der Waals surface area contributed by atoms with Gasteiger partial charge in [-0.2, -0.15) is 0 Å². The molecule has 0 aromatic heterocycles. The topological polar surface area (TPSA) is 66.4 Å². The van der Waals surface area contributed by atoms with Crippen LogP contribution in [0, 0.1) is 0 Å². The van der Waals surface area contributed by atoms with Crippen molar-refractivity contribution in [2.75, 3.05) is 35.0 Å². The Morgan fingerprint density at radius 3 is 2.06 bits per heavy atom. The van der Waals surface area contributed by atoms with Crippen LogP contribution in [0.2, 0.25) is 0 Å². The molecule has 6 nitrogen and oxygen atoms in total. The lowest BCUT2D eigenvalue weighted by molar-refractivity contribution is -0.302. The van der Waals surface area contributed by atoms with Gasteiger partial charge in [-0.25, -0.2) is 0 Å². The van der Waals surface area contributed by atoms with E-state index < -0.39 is 18.5 Å². The molecule has 1 fully saturated rings. The summed E-state index contributed by atoms with van der Waals surface area (Å²) < 4.78 is 26.1. The second-order valence-electron chi connectivity index (χ2n) is 3.63. The Balaban J connectivity index is 2.77. The summed E-state index contributed by atoms with van der Waals surface area (Å²) in [6.45, 7) is 0.352. The van der Waals surface area contributed by atoms with E-state index in [-0.39, 0.29) is 12.2 Å². The van der Waals surface area contributed by atoms with Crippen molar-refractivity contribution < 1.29 is 28.8 Å². The molecule has 1 unspecified atom stereocenters. The van der Waals surface area contributed by atoms with Crippen LogP contribution in [0.15, 0.2) is 0 Å². The van der Waals surface area contributed by atoms with Crippen LogP contribution in [0.5, 0.6) is 0 Å². The van der Waals surface area contributed by atoms with Gasteiger partial charge in [-0.1, -0.05) is 0 Å². The summed E-state index contributed by atoms with van der Waals surface area (Å²) in [7, 11) is 6.10. The second-order valence-corrected chi connectivity index (χ2v) is 3.63. The van der Waals surface area contributed by atoms with Crippen LogP contribution in [0.25, 0.3) is 0 Å². The van der Waals surface area contributed by atoms with E-state index >= 15 is 0 Å². The molecule has 1 aliphatic heterocycles. The van der Waals surface area contributed by atoms with Gasteiger partial charge < -0.3 is 28.8 Å². The van der Waals surface area contributed by atoms with Gasteiger partial charge in [0.25, 0.3) is 0 Å². The van der Waals surface area contributed by atoms with E-state index in [0.717, 1.165) is 0 Å². The van der Waals surface area contributed by atoms with Crippen LogP contribution < -0.4 is 0 Å². The monoisotopic (exact) mass is 236 g/mol. The highest BCUT2D eigenvalue weighted by molar-refractivity contribution is 4.91. The fourth-order valence-corrected chi connectivity index (χ4v) is 1.94. The van der Waals surface area contributed by atoms with Crippen molar-refractivity contribution in [3.63, 3.8) is 0 Å². The molecule has 0 amide bonds. The van der Waals surface area contributed by atoms with Gasteiger partial charge in [0.1, 0.15) is 24.4 Å². The molecule has 0 spiro atoms. The largest absolute Gasteiger partial charge is 0.385 e. The van der Waals surface area contributed by atoms with Crippen molar-refractivity contribution in [3.8, 4) is 0 Å². The molecule has 0 saturated carbocycles. The van der Waals surface area contributed by atoms with Gasteiger partial charge in [-0.05, 0) is 0 Å². The predicted molar refractivity (Wildman–Crippen MR) is 55.1 cm³/mol. The van der Waals surface area contributed by atoms with Gasteiger partial charge in [-0.3, -0.25) is 0 Å². The molecule has 1 aliphatic rings. The molecule has 6 heteroatoms. The Morgan fingerprint density at radius 2 is 1.62 bits per heavy atom. The normalized spacial score (nSPS) is 39.9. The maximum Gasteiger partial charge on any atom is 0.186 e. The van der Waals surface area contributed by atoms with Crippen molar-refractivity contribution in [1.29, 1.82) is 0 Å². The lowest BCUT2D eigenvalue weighted by Gasteiger charge is -2.42. The third-order valence-corrected chi connectivity index (χ3v) is 2.72. The Kier molecular flexibility index (Phi) is 5.60. The van der Waals surface area contributed by atoms with Gasteiger partial charge in [0, 0.05) is 28.4 Å². The van der Waals surface area contributed by atoms with E-state index in [4.69, 9.17) is 23.7 Å². The first-order valence-electron chi connectivity index (χ1n) is 5.10. The van der Waals surface area contributed by atoms with Crippen molar-refractivity contribution in [2.24, 2.45) is 0 Å². The Labute approximate surface area is 95.4 Å². The minimum atomic E-state index is -0.881. The number of ether oxygens (including phenoxy) is 5. The van der Waals surface area contributed by atoms with E-state index in [1.165, 1.54) is 14.2 Å². The molecule has 0 aliphatic carbocycles. The minimum Gasteiger partial charge on any atom is -0.385 e. The molecule has 5 atom stereocenters. The SMILES string of the molecule is COC[C@H]1OC(OC)[C@H](O)[C@@H](OC)[C@@H]1OC. The van der Waals surface area contributed by atoms with Gasteiger partial charge >= 0.3 is 0 Å². The Hall–Kier alpha value is -0.240. The van der Waals surface area contributed by atoms with Crippen LogP contribution in [0.4, 0.5) is 0 Å². The highest BCUT2D eigenvalue weighted by atomic mass is 16.7. The average Bonchev–Trinajstić information content (AvgIpc) is 2.30. The molecule has 1 rings (SSSR count). The quantitative estimate of drug-likeness (QED) is 0.687. The summed E-state index contributed by atoms with van der Waals surface area (Å²) in [5, 5.41) is 9.92. The van der Waals surface area contributed by atoms with Gasteiger partial charge in [0.05, 0.1) is 6.61 Å². The number of hydrogen-bond donors (Lipinski definition) is 1. The highest BCUT2D eigenvalue weighted by Crippen LogP contribution is 2.25. The van der Waals surface area contributed by atoms with Crippen LogP contribution in [-0.4, -0.2) is 70.9 Å². The zero-order valence-corrected chi connectivity index (χ0v) is 10.1. The molecule has 0 radical (unpaired) electrons. The van der Waals surface area contributed by atoms with Gasteiger partial charge in [-0.15, -0.1) is 0 Å². The molecule has 16 heavy (non-hydrogen) atoms. The van der Waals surface area contributed by atoms with Gasteiger partial charge in [0.2, 0.25) is 0 Å². The van der Waals surface area contributed by atoms with Crippen LogP contribution in [0.3, 0.4) is 0 Å². The van der Waals surface area contributed by atoms with E-state index in [1.54, 1.807) is 14.2 Å². The molecular formula is C10H20O6. The van der Waals surface area contributed by atoms with Crippen molar-refractivity contribution in [1.82, 2.24) is 0 Å². The summed E-state index contributed by atoms with van der Waals surface area (Å²) >= 11 is 0. The first-order valence-corrected chi connectivity index (χ1v) is 5.10. The Bertz CT molecular complexity index is 196. The zero-order chi connectivity index (χ0) is 12.1. The molecular weight excluding hydrogens is 216 g/mol. The molecule has 1 saturated heterocycles. The van der Waals surface area contributed by atoms with E-state index in [0.29, 0.717) is 6.61 Å². The number of aliphatic hydroxyl groups excluding tert-OH is 1. The van der Waals surface area contributed by atoms with Gasteiger partial charge in [0.15, 0.2) is 6.29 Å². The average molecular weight is 236 g/mol. The van der Waals surface area contributed by atoms with E-state index in [2.05, 4.69) is 0 Å². The molecule has 96 valence electrons. The maximum absolute atomic E-state index is 9.92. The molecule has 0 bridgehead atoms. The number of hydrogen-bond acceptors (Lipinski definition) is 6. The first kappa shape index (κ1) is 13.8. The fraction of sp³-hybridized carbons (Fsp3) is 1.00. The fourth-order valence-electron chi connectivity index (χ4n) is 1.94. The summed E-state index contributed by atoms with van der Waals surface area (Å²) in [6, 6.07) is 0. The smallest absolute Gasteiger partial charge is 0.186 e. The standard InChI is InChI=1S/C10H20O6/c1-12-5-6-8(13-2)9(14-3)7(11)10(15-4)16-6/h6-11H,5H2,1-4H3/t6-,7-,8-,9-,10?/m1/s1. The summed E-state index contributed by atoms with van der Waals surface area (Å²) in [5.74, 6) is 0. The second kappa shape index (κ2) is 6.48. The molecule has 1 heterocycles. The van der Waals surface area contributed by atoms with E-state index in [9.17, 15) is 5.11 Å². The van der Waals surface area contributed by atoms with E-state index in [1.807, 2.05) is 0 Å². The van der Waals surface area contributed by atoms with Crippen molar-refractivity contribution >= 4 is 0 Å². The predicted octanol–water partition coefficient (Wildman–Crippen LogP) is -0.605. The number of rotatable bonds is 5. The first-order chi connectivity index (χ1) is 7.69. The summed E-state index contributed by atoms with van der Waals surface area (Å²) in [5.41, 5.74) is 0. The number of methoxy groups -OCH3 is 4.